The van der Waals surface area contributed by atoms with Crippen molar-refractivity contribution in [2.75, 3.05) is 0 Å². The van der Waals surface area contributed by atoms with Gasteiger partial charge in [-0.2, -0.15) is 0 Å². The first-order chi connectivity index (χ1) is 5.16. The lowest BCUT2D eigenvalue weighted by atomic mass is 10.4. The van der Waals surface area contributed by atoms with E-state index in [0.717, 1.165) is 5.70 Å². The maximum Gasteiger partial charge on any atom is 0.0539 e. The summed E-state index contributed by atoms with van der Waals surface area (Å²) >= 11 is 0. The summed E-state index contributed by atoms with van der Waals surface area (Å²) in [6.45, 7) is 7.97. The normalized spacial score (nSPS) is 13.0. The third kappa shape index (κ3) is 7.06. The van der Waals surface area contributed by atoms with Gasteiger partial charge in [0.1, 0.15) is 0 Å². The zero-order valence-electron chi connectivity index (χ0n) is 7.68. The Kier molecular flexibility index (Phi) is 5.47. The van der Waals surface area contributed by atoms with Crippen molar-refractivity contribution in [3.8, 4) is 0 Å². The van der Waals surface area contributed by atoms with E-state index in [-0.39, 0.29) is 0 Å². The van der Waals surface area contributed by atoms with Crippen LogP contribution in [-0.4, -0.2) is 12.3 Å². The van der Waals surface area contributed by atoms with Crippen LogP contribution < -0.4 is 10.9 Å². The second-order valence-electron chi connectivity index (χ2n) is 2.62. The molecule has 0 aliphatic heterocycles. The van der Waals surface area contributed by atoms with Crippen molar-refractivity contribution in [1.82, 2.24) is 10.9 Å². The molecule has 0 rings (SSSR count). The van der Waals surface area contributed by atoms with Gasteiger partial charge < -0.3 is 5.43 Å². The summed E-state index contributed by atoms with van der Waals surface area (Å²) in [5.74, 6) is 0. The van der Waals surface area contributed by atoms with Crippen LogP contribution in [0.5, 0.6) is 0 Å². The van der Waals surface area contributed by atoms with Crippen LogP contribution in [0.1, 0.15) is 27.7 Å². The van der Waals surface area contributed by atoms with Gasteiger partial charge in [-0.15, -0.1) is 0 Å². The lowest BCUT2D eigenvalue weighted by molar-refractivity contribution is 0.537. The van der Waals surface area contributed by atoms with E-state index in [1.165, 1.54) is 0 Å². The lowest BCUT2D eigenvalue weighted by Gasteiger charge is -2.06. The number of hydrogen-bond donors (Lipinski definition) is 2. The van der Waals surface area contributed by atoms with E-state index in [9.17, 15) is 0 Å². The van der Waals surface area contributed by atoms with Gasteiger partial charge in [0.25, 0.3) is 0 Å². The molecular formula is C8H17N3. The molecule has 0 aromatic rings. The van der Waals surface area contributed by atoms with Gasteiger partial charge in [0.2, 0.25) is 0 Å². The number of nitrogens with zero attached hydrogens (tertiary/aromatic N) is 1. The predicted molar refractivity (Wildman–Crippen MR) is 49.3 cm³/mol. The maximum absolute atomic E-state index is 4.06. The molecule has 0 aliphatic rings. The number of hydrogen-bond acceptors (Lipinski definition) is 3. The minimum absolute atomic E-state index is 0.435. The van der Waals surface area contributed by atoms with Crippen molar-refractivity contribution in [3.63, 3.8) is 0 Å². The summed E-state index contributed by atoms with van der Waals surface area (Å²) in [5.41, 5.74) is 6.94. The molecule has 11 heavy (non-hydrogen) atoms. The van der Waals surface area contributed by atoms with Crippen LogP contribution in [0.25, 0.3) is 0 Å². The van der Waals surface area contributed by atoms with Crippen molar-refractivity contribution in [3.05, 3.63) is 11.9 Å². The molecule has 3 heteroatoms. The van der Waals surface area contributed by atoms with Crippen LogP contribution in [0.3, 0.4) is 0 Å². The van der Waals surface area contributed by atoms with E-state index in [1.54, 1.807) is 6.21 Å². The molecule has 0 heterocycles. The molecular weight excluding hydrogens is 138 g/mol. The first-order valence-corrected chi connectivity index (χ1v) is 3.83. The molecule has 64 valence electrons. The van der Waals surface area contributed by atoms with Gasteiger partial charge in [-0.05, 0) is 27.7 Å². The Hall–Kier alpha value is -0.830. The Balaban J connectivity index is 3.56. The molecule has 0 amide bonds. The molecule has 0 saturated heterocycles. The van der Waals surface area contributed by atoms with Crippen LogP contribution >= 0.6 is 0 Å². The number of rotatable bonds is 4. The summed E-state index contributed by atoms with van der Waals surface area (Å²) in [7, 11) is 0. The van der Waals surface area contributed by atoms with E-state index in [2.05, 4.69) is 29.7 Å². The Morgan fingerprint density at radius 1 is 1.45 bits per heavy atom. The SMILES string of the molecule is CC=N/C(C)=C\NNC(C)C. The topological polar surface area (TPSA) is 36.4 Å². The second kappa shape index (κ2) is 5.92. The molecule has 0 atom stereocenters. The first-order valence-electron chi connectivity index (χ1n) is 3.83. The fourth-order valence-electron chi connectivity index (χ4n) is 0.554. The average molecular weight is 155 g/mol. The van der Waals surface area contributed by atoms with Crippen LogP contribution in [0.2, 0.25) is 0 Å². The first kappa shape index (κ1) is 10.2. The summed E-state index contributed by atoms with van der Waals surface area (Å²) in [4.78, 5) is 4.06. The van der Waals surface area contributed by atoms with Crippen molar-refractivity contribution in [2.45, 2.75) is 33.7 Å². The zero-order valence-corrected chi connectivity index (χ0v) is 7.68. The van der Waals surface area contributed by atoms with Crippen molar-refractivity contribution in [2.24, 2.45) is 4.99 Å². The minimum Gasteiger partial charge on any atom is -0.327 e. The highest BCUT2D eigenvalue weighted by Gasteiger charge is 1.86. The number of allylic oxidation sites excluding steroid dienone is 1. The molecule has 0 bridgehead atoms. The second-order valence-corrected chi connectivity index (χ2v) is 2.62. The minimum atomic E-state index is 0.435. The highest BCUT2D eigenvalue weighted by Crippen LogP contribution is 1.88. The molecule has 0 aliphatic carbocycles. The van der Waals surface area contributed by atoms with E-state index < -0.39 is 0 Å². The molecule has 2 N–H and O–H groups in total. The molecule has 0 unspecified atom stereocenters. The molecule has 0 radical (unpaired) electrons. The Morgan fingerprint density at radius 2 is 2.09 bits per heavy atom. The van der Waals surface area contributed by atoms with E-state index in [0.29, 0.717) is 6.04 Å². The van der Waals surface area contributed by atoms with Crippen molar-refractivity contribution in [1.29, 1.82) is 0 Å². The third-order valence-electron chi connectivity index (χ3n) is 0.986. The van der Waals surface area contributed by atoms with Gasteiger partial charge in [-0.1, -0.05) is 0 Å². The van der Waals surface area contributed by atoms with Crippen LogP contribution in [0.15, 0.2) is 16.9 Å². The van der Waals surface area contributed by atoms with Gasteiger partial charge >= 0.3 is 0 Å². The fraction of sp³-hybridized carbons (Fsp3) is 0.625. The van der Waals surface area contributed by atoms with Gasteiger partial charge in [-0.25, -0.2) is 5.43 Å². The van der Waals surface area contributed by atoms with E-state index >= 15 is 0 Å². The van der Waals surface area contributed by atoms with Crippen molar-refractivity contribution >= 4 is 6.21 Å². The summed E-state index contributed by atoms with van der Waals surface area (Å²) in [6.07, 6.45) is 3.60. The Bertz CT molecular complexity index is 147. The molecule has 3 nitrogen and oxygen atoms in total. The summed E-state index contributed by atoms with van der Waals surface area (Å²) in [6, 6.07) is 0.435. The van der Waals surface area contributed by atoms with E-state index in [1.807, 2.05) is 20.0 Å². The summed E-state index contributed by atoms with van der Waals surface area (Å²) < 4.78 is 0. The number of hydrazine groups is 1. The highest BCUT2D eigenvalue weighted by atomic mass is 15.4. The molecule has 0 aromatic heterocycles. The predicted octanol–water partition coefficient (Wildman–Crippen LogP) is 1.44. The highest BCUT2D eigenvalue weighted by molar-refractivity contribution is 5.54. The summed E-state index contributed by atoms with van der Waals surface area (Å²) in [5, 5.41) is 0. The molecule has 0 saturated carbocycles. The standard InChI is InChI=1S/C8H17N3/c1-5-9-8(4)6-10-11-7(2)3/h5-7,10-11H,1-4H3/b8-6-,9-5?. The van der Waals surface area contributed by atoms with Gasteiger partial charge in [0, 0.05) is 18.5 Å². The van der Waals surface area contributed by atoms with Gasteiger partial charge in [-0.3, -0.25) is 4.99 Å². The number of nitrogens with one attached hydrogen (secondary N) is 2. The smallest absolute Gasteiger partial charge is 0.0539 e. The van der Waals surface area contributed by atoms with Gasteiger partial charge in [0.05, 0.1) is 5.70 Å². The molecule has 0 spiro atoms. The van der Waals surface area contributed by atoms with Gasteiger partial charge in [0.15, 0.2) is 0 Å². The zero-order chi connectivity index (χ0) is 8.69. The van der Waals surface area contributed by atoms with Crippen LogP contribution in [0.4, 0.5) is 0 Å². The third-order valence-corrected chi connectivity index (χ3v) is 0.986. The maximum atomic E-state index is 4.06. The Morgan fingerprint density at radius 3 is 2.55 bits per heavy atom. The van der Waals surface area contributed by atoms with Crippen molar-refractivity contribution < 1.29 is 0 Å². The molecule has 0 fully saturated rings. The van der Waals surface area contributed by atoms with Crippen LogP contribution in [-0.2, 0) is 0 Å². The number of aliphatic imine (C=N–C) groups is 1. The monoisotopic (exact) mass is 155 g/mol. The molecule has 0 aromatic carbocycles. The largest absolute Gasteiger partial charge is 0.327 e. The Labute approximate surface area is 68.6 Å². The van der Waals surface area contributed by atoms with E-state index in [4.69, 9.17) is 0 Å². The van der Waals surface area contributed by atoms with Crippen LogP contribution in [0, 0.1) is 0 Å². The fourth-order valence-corrected chi connectivity index (χ4v) is 0.554. The lowest BCUT2D eigenvalue weighted by Crippen LogP contribution is -2.33. The quantitative estimate of drug-likeness (QED) is 0.476. The average Bonchev–Trinajstić information content (AvgIpc) is 1.87.